The predicted octanol–water partition coefficient (Wildman–Crippen LogP) is 4.00. The van der Waals surface area contributed by atoms with Crippen molar-refractivity contribution in [2.24, 2.45) is 0 Å². The van der Waals surface area contributed by atoms with E-state index in [2.05, 4.69) is 26.6 Å². The highest BCUT2D eigenvalue weighted by atomic mass is 79.9. The zero-order valence-corrected chi connectivity index (χ0v) is 16.3. The molecule has 0 spiro atoms. The van der Waals surface area contributed by atoms with Crippen molar-refractivity contribution in [1.82, 2.24) is 5.32 Å². The zero-order chi connectivity index (χ0) is 18.9. The monoisotopic (exact) mass is 420 g/mol. The summed E-state index contributed by atoms with van der Waals surface area (Å²) in [5.74, 6) is 0.357. The third-order valence-electron chi connectivity index (χ3n) is 3.55. The van der Waals surface area contributed by atoms with Crippen molar-refractivity contribution < 1.29 is 19.1 Å². The zero-order valence-electron chi connectivity index (χ0n) is 14.7. The average molecular weight is 421 g/mol. The van der Waals surface area contributed by atoms with Crippen LogP contribution in [0.1, 0.15) is 22.8 Å². The van der Waals surface area contributed by atoms with Crippen LogP contribution in [0.5, 0.6) is 5.75 Å². The van der Waals surface area contributed by atoms with E-state index >= 15 is 0 Å². The molecule has 26 heavy (non-hydrogen) atoms. The Balaban J connectivity index is 1.89. The van der Waals surface area contributed by atoms with Gasteiger partial charge >= 0.3 is 12.0 Å². The van der Waals surface area contributed by atoms with Crippen LogP contribution in [-0.2, 0) is 11.2 Å². The van der Waals surface area contributed by atoms with Crippen LogP contribution in [0.4, 0.5) is 10.5 Å². The number of carbonyl (C=O) groups excluding carboxylic acids is 2. The van der Waals surface area contributed by atoms with E-state index in [0.29, 0.717) is 30.8 Å². The maximum absolute atomic E-state index is 12.1. The second kappa shape index (κ2) is 9.82. The molecule has 0 saturated heterocycles. The van der Waals surface area contributed by atoms with Crippen molar-refractivity contribution in [1.29, 1.82) is 0 Å². The number of benzene rings is 2. The molecule has 2 amide bonds. The number of esters is 1. The summed E-state index contributed by atoms with van der Waals surface area (Å²) in [6.45, 7) is 2.49. The number of hydrogen-bond donors (Lipinski definition) is 2. The molecule has 6 nitrogen and oxygen atoms in total. The summed E-state index contributed by atoms with van der Waals surface area (Å²) < 4.78 is 11.2. The number of anilines is 1. The Morgan fingerprint density at radius 2 is 1.96 bits per heavy atom. The number of ether oxygens (including phenoxy) is 2. The number of urea groups is 1. The molecule has 0 saturated carbocycles. The molecule has 138 valence electrons. The second-order valence-electron chi connectivity index (χ2n) is 5.39. The van der Waals surface area contributed by atoms with Gasteiger partial charge in [0.15, 0.2) is 0 Å². The third-order valence-corrected chi connectivity index (χ3v) is 4.05. The van der Waals surface area contributed by atoms with E-state index < -0.39 is 5.97 Å². The van der Waals surface area contributed by atoms with Crippen LogP contribution in [0, 0.1) is 0 Å². The number of nitrogens with one attached hydrogen (secondary N) is 2. The molecule has 7 heteroatoms. The molecule has 0 aliphatic carbocycles. The van der Waals surface area contributed by atoms with Crippen molar-refractivity contribution in [3.05, 3.63) is 58.1 Å². The van der Waals surface area contributed by atoms with E-state index in [1.54, 1.807) is 38.3 Å². The van der Waals surface area contributed by atoms with Gasteiger partial charge in [-0.05, 0) is 55.3 Å². The summed E-state index contributed by atoms with van der Waals surface area (Å²) >= 11 is 3.43. The van der Waals surface area contributed by atoms with Crippen molar-refractivity contribution in [2.45, 2.75) is 13.3 Å². The molecule has 0 bridgehead atoms. The maximum atomic E-state index is 12.1. The first kappa shape index (κ1) is 19.8. The minimum atomic E-state index is -0.418. The lowest BCUT2D eigenvalue weighted by molar-refractivity contribution is 0.0526. The van der Waals surface area contributed by atoms with E-state index in [4.69, 9.17) is 9.47 Å². The molecule has 0 atom stereocenters. The molecule has 2 aromatic rings. The van der Waals surface area contributed by atoms with Gasteiger partial charge in [0.1, 0.15) is 5.75 Å². The topological polar surface area (TPSA) is 76.7 Å². The highest BCUT2D eigenvalue weighted by Crippen LogP contribution is 2.23. The lowest BCUT2D eigenvalue weighted by atomic mass is 10.1. The molecular formula is C19H21BrN2O4. The fraction of sp³-hybridized carbons (Fsp3) is 0.263. The van der Waals surface area contributed by atoms with Crippen LogP contribution in [0.25, 0.3) is 0 Å². The minimum absolute atomic E-state index is 0.302. The van der Waals surface area contributed by atoms with Crippen LogP contribution in [-0.4, -0.2) is 32.3 Å². The molecule has 0 radical (unpaired) electrons. The van der Waals surface area contributed by atoms with Crippen LogP contribution in [0.2, 0.25) is 0 Å². The van der Waals surface area contributed by atoms with Crippen molar-refractivity contribution in [2.75, 3.05) is 25.6 Å². The molecule has 2 rings (SSSR count). The third kappa shape index (κ3) is 5.77. The largest absolute Gasteiger partial charge is 0.496 e. The Bertz CT molecular complexity index is 780. The Hall–Kier alpha value is -2.54. The van der Waals surface area contributed by atoms with Gasteiger partial charge in [-0.1, -0.05) is 22.0 Å². The number of rotatable bonds is 7. The Morgan fingerprint density at radius 3 is 2.69 bits per heavy atom. The van der Waals surface area contributed by atoms with E-state index in [1.807, 2.05) is 18.2 Å². The molecule has 0 aliphatic heterocycles. The van der Waals surface area contributed by atoms with Gasteiger partial charge in [0, 0.05) is 16.7 Å². The highest BCUT2D eigenvalue weighted by molar-refractivity contribution is 9.10. The van der Waals surface area contributed by atoms with Gasteiger partial charge in [0.25, 0.3) is 0 Å². The molecule has 2 aromatic carbocycles. The standard InChI is InChI=1S/C19H21BrN2O4/c1-3-26-18(23)14-5-4-6-16(12-14)22-19(24)21-10-9-13-11-15(20)7-8-17(13)25-2/h4-8,11-12H,3,9-10H2,1-2H3,(H2,21,22,24). The Morgan fingerprint density at radius 1 is 1.15 bits per heavy atom. The fourth-order valence-electron chi connectivity index (χ4n) is 2.37. The molecular weight excluding hydrogens is 400 g/mol. The lowest BCUT2D eigenvalue weighted by Crippen LogP contribution is -2.30. The van der Waals surface area contributed by atoms with E-state index in [9.17, 15) is 9.59 Å². The summed E-state index contributed by atoms with van der Waals surface area (Å²) in [4.78, 5) is 23.8. The highest BCUT2D eigenvalue weighted by Gasteiger charge is 2.09. The molecule has 2 N–H and O–H groups in total. The van der Waals surface area contributed by atoms with E-state index in [0.717, 1.165) is 15.8 Å². The van der Waals surface area contributed by atoms with Gasteiger partial charge in [-0.15, -0.1) is 0 Å². The van der Waals surface area contributed by atoms with Gasteiger partial charge in [0.05, 0.1) is 19.3 Å². The van der Waals surface area contributed by atoms with E-state index in [-0.39, 0.29) is 6.03 Å². The predicted molar refractivity (Wildman–Crippen MR) is 104 cm³/mol. The maximum Gasteiger partial charge on any atom is 0.338 e. The van der Waals surface area contributed by atoms with Gasteiger partial charge in [-0.25, -0.2) is 9.59 Å². The van der Waals surface area contributed by atoms with Gasteiger partial charge in [0.2, 0.25) is 0 Å². The van der Waals surface area contributed by atoms with Gasteiger partial charge in [-0.3, -0.25) is 0 Å². The number of carbonyl (C=O) groups is 2. The summed E-state index contributed by atoms with van der Waals surface area (Å²) in [5.41, 5.74) is 1.91. The van der Waals surface area contributed by atoms with Gasteiger partial charge < -0.3 is 20.1 Å². The number of halogens is 1. The molecule has 0 aliphatic rings. The Labute approximate surface area is 161 Å². The number of hydrogen-bond acceptors (Lipinski definition) is 4. The van der Waals surface area contributed by atoms with Crippen molar-refractivity contribution in [3.8, 4) is 5.75 Å². The van der Waals surface area contributed by atoms with E-state index in [1.165, 1.54) is 0 Å². The second-order valence-corrected chi connectivity index (χ2v) is 6.30. The molecule has 0 heterocycles. The summed E-state index contributed by atoms with van der Waals surface area (Å²) in [6, 6.07) is 12.0. The first-order chi connectivity index (χ1) is 12.5. The first-order valence-electron chi connectivity index (χ1n) is 8.18. The summed E-state index contributed by atoms with van der Waals surface area (Å²) in [5, 5.41) is 5.49. The smallest absolute Gasteiger partial charge is 0.338 e. The van der Waals surface area contributed by atoms with Crippen LogP contribution in [0.3, 0.4) is 0 Å². The summed E-state index contributed by atoms with van der Waals surface area (Å²) in [7, 11) is 1.61. The normalized spacial score (nSPS) is 10.1. The average Bonchev–Trinajstić information content (AvgIpc) is 2.62. The minimum Gasteiger partial charge on any atom is -0.496 e. The van der Waals surface area contributed by atoms with Crippen LogP contribution >= 0.6 is 15.9 Å². The van der Waals surface area contributed by atoms with Gasteiger partial charge in [-0.2, -0.15) is 0 Å². The Kier molecular flexibility index (Phi) is 7.47. The fourth-order valence-corrected chi connectivity index (χ4v) is 2.78. The molecule has 0 unspecified atom stereocenters. The van der Waals surface area contributed by atoms with Crippen molar-refractivity contribution >= 4 is 33.6 Å². The number of methoxy groups -OCH3 is 1. The first-order valence-corrected chi connectivity index (χ1v) is 8.97. The molecule has 0 aromatic heterocycles. The van der Waals surface area contributed by atoms with Crippen LogP contribution < -0.4 is 15.4 Å². The molecule has 0 fully saturated rings. The lowest BCUT2D eigenvalue weighted by Gasteiger charge is -2.11. The number of amides is 2. The summed E-state index contributed by atoms with van der Waals surface area (Å²) in [6.07, 6.45) is 0.624. The SMILES string of the molecule is CCOC(=O)c1cccc(NC(=O)NCCc2cc(Br)ccc2OC)c1. The quantitative estimate of drug-likeness (QED) is 0.663. The van der Waals surface area contributed by atoms with Crippen molar-refractivity contribution in [3.63, 3.8) is 0 Å². The van der Waals surface area contributed by atoms with Crippen LogP contribution in [0.15, 0.2) is 46.9 Å².